The van der Waals surface area contributed by atoms with Crippen LogP contribution in [0.4, 0.5) is 17.3 Å². The first kappa shape index (κ1) is 12.6. The smallest absolute Gasteiger partial charge is 0.139 e. The highest BCUT2D eigenvalue weighted by Gasteiger charge is 2.08. The van der Waals surface area contributed by atoms with E-state index in [4.69, 9.17) is 11.6 Å². The summed E-state index contributed by atoms with van der Waals surface area (Å²) in [7, 11) is 1.85. The van der Waals surface area contributed by atoms with Crippen LogP contribution in [0.3, 0.4) is 0 Å². The van der Waals surface area contributed by atoms with Crippen molar-refractivity contribution >= 4 is 28.9 Å². The van der Waals surface area contributed by atoms with Crippen LogP contribution < -0.4 is 10.6 Å². The van der Waals surface area contributed by atoms with Gasteiger partial charge in [0.2, 0.25) is 0 Å². The molecular weight excluding hydrogens is 248 g/mol. The van der Waals surface area contributed by atoms with E-state index in [-0.39, 0.29) is 0 Å². The molecule has 0 aliphatic heterocycles. The molecule has 0 amide bonds. The number of aryl methyl sites for hydroxylation is 1. The third kappa shape index (κ3) is 2.71. The minimum atomic E-state index is 0.715. The van der Waals surface area contributed by atoms with Crippen molar-refractivity contribution in [3.05, 3.63) is 40.7 Å². The standard InChI is InChI=1S/C13H15ClN4/c1-8-12(15-3)16-9(2)17-13(8)18-11-6-4-10(14)5-7-11/h4-7H,1-3H3,(H2,15,16,17,18). The predicted molar refractivity (Wildman–Crippen MR) is 75.8 cm³/mol. The molecule has 2 N–H and O–H groups in total. The minimum absolute atomic E-state index is 0.715. The zero-order chi connectivity index (χ0) is 13.1. The second-order valence-corrected chi connectivity index (χ2v) is 4.41. The number of benzene rings is 1. The summed E-state index contributed by atoms with van der Waals surface area (Å²) in [6.07, 6.45) is 0. The Kier molecular flexibility index (Phi) is 3.67. The first-order valence-corrected chi connectivity index (χ1v) is 6.03. The number of hydrogen-bond acceptors (Lipinski definition) is 4. The number of rotatable bonds is 3. The Morgan fingerprint density at radius 2 is 1.61 bits per heavy atom. The quantitative estimate of drug-likeness (QED) is 0.888. The van der Waals surface area contributed by atoms with Crippen molar-refractivity contribution in [1.82, 2.24) is 9.97 Å². The molecular formula is C13H15ClN4. The van der Waals surface area contributed by atoms with E-state index in [1.165, 1.54) is 0 Å². The fourth-order valence-electron chi connectivity index (χ4n) is 1.66. The van der Waals surface area contributed by atoms with E-state index in [0.29, 0.717) is 5.02 Å². The lowest BCUT2D eigenvalue weighted by atomic mass is 10.2. The minimum Gasteiger partial charge on any atom is -0.373 e. The summed E-state index contributed by atoms with van der Waals surface area (Å²) >= 11 is 5.86. The molecule has 5 heteroatoms. The Morgan fingerprint density at radius 1 is 1.00 bits per heavy atom. The van der Waals surface area contributed by atoms with Crippen LogP contribution in [0.1, 0.15) is 11.4 Å². The van der Waals surface area contributed by atoms with Crippen molar-refractivity contribution in [1.29, 1.82) is 0 Å². The Bertz CT molecular complexity index is 552. The van der Waals surface area contributed by atoms with Crippen LogP contribution in [0.2, 0.25) is 5.02 Å². The van der Waals surface area contributed by atoms with Gasteiger partial charge in [0.05, 0.1) is 0 Å². The summed E-state index contributed by atoms with van der Waals surface area (Å²) in [5, 5.41) is 7.04. The monoisotopic (exact) mass is 262 g/mol. The van der Waals surface area contributed by atoms with Crippen molar-refractivity contribution in [3.8, 4) is 0 Å². The summed E-state index contributed by atoms with van der Waals surface area (Å²) in [6, 6.07) is 7.51. The van der Waals surface area contributed by atoms with E-state index in [9.17, 15) is 0 Å². The number of anilines is 3. The summed E-state index contributed by atoms with van der Waals surface area (Å²) in [5.41, 5.74) is 1.93. The molecule has 1 heterocycles. The molecule has 2 aromatic rings. The van der Waals surface area contributed by atoms with Gasteiger partial charge in [-0.3, -0.25) is 0 Å². The molecule has 0 bridgehead atoms. The SMILES string of the molecule is CNc1nc(C)nc(Nc2ccc(Cl)cc2)c1C. The summed E-state index contributed by atoms with van der Waals surface area (Å²) < 4.78 is 0. The fourth-order valence-corrected chi connectivity index (χ4v) is 1.79. The molecule has 0 saturated carbocycles. The van der Waals surface area contributed by atoms with Crippen LogP contribution in [-0.4, -0.2) is 17.0 Å². The highest BCUT2D eigenvalue weighted by atomic mass is 35.5. The predicted octanol–water partition coefficient (Wildman–Crippen LogP) is 3.53. The molecule has 18 heavy (non-hydrogen) atoms. The van der Waals surface area contributed by atoms with Crippen LogP contribution in [0.5, 0.6) is 0 Å². The third-order valence-corrected chi connectivity index (χ3v) is 2.85. The molecule has 0 unspecified atom stereocenters. The van der Waals surface area contributed by atoms with Crippen LogP contribution in [0, 0.1) is 13.8 Å². The van der Waals surface area contributed by atoms with Crippen LogP contribution in [0.15, 0.2) is 24.3 Å². The summed E-state index contributed by atoms with van der Waals surface area (Å²) in [5.74, 6) is 2.36. The van der Waals surface area contributed by atoms with E-state index in [1.807, 2.05) is 45.2 Å². The summed E-state index contributed by atoms with van der Waals surface area (Å²) in [6.45, 7) is 3.84. The molecule has 1 aromatic carbocycles. The van der Waals surface area contributed by atoms with Gasteiger partial charge >= 0.3 is 0 Å². The molecule has 0 saturated heterocycles. The second kappa shape index (κ2) is 5.23. The number of aromatic nitrogens is 2. The molecule has 0 aliphatic carbocycles. The molecule has 94 valence electrons. The van der Waals surface area contributed by atoms with Gasteiger partial charge in [0, 0.05) is 23.3 Å². The number of nitrogens with one attached hydrogen (secondary N) is 2. The van der Waals surface area contributed by atoms with Gasteiger partial charge in [-0.2, -0.15) is 0 Å². The van der Waals surface area contributed by atoms with E-state index in [1.54, 1.807) is 0 Å². The fraction of sp³-hybridized carbons (Fsp3) is 0.231. The van der Waals surface area contributed by atoms with Crippen molar-refractivity contribution in [2.24, 2.45) is 0 Å². The average Bonchev–Trinajstić information content (AvgIpc) is 2.36. The normalized spacial score (nSPS) is 10.2. The largest absolute Gasteiger partial charge is 0.373 e. The molecule has 0 fully saturated rings. The van der Waals surface area contributed by atoms with Crippen molar-refractivity contribution in [2.75, 3.05) is 17.7 Å². The Labute approximate surface area is 111 Å². The lowest BCUT2D eigenvalue weighted by Crippen LogP contribution is -2.05. The van der Waals surface area contributed by atoms with Gasteiger partial charge in [-0.25, -0.2) is 9.97 Å². The van der Waals surface area contributed by atoms with Gasteiger partial charge in [0.25, 0.3) is 0 Å². The van der Waals surface area contributed by atoms with Crippen LogP contribution >= 0.6 is 11.6 Å². The molecule has 0 radical (unpaired) electrons. The summed E-state index contributed by atoms with van der Waals surface area (Å²) in [4.78, 5) is 8.73. The zero-order valence-electron chi connectivity index (χ0n) is 10.6. The lowest BCUT2D eigenvalue weighted by molar-refractivity contribution is 1.04. The lowest BCUT2D eigenvalue weighted by Gasteiger charge is -2.12. The van der Waals surface area contributed by atoms with Crippen LogP contribution in [-0.2, 0) is 0 Å². The van der Waals surface area contributed by atoms with Gasteiger partial charge in [-0.15, -0.1) is 0 Å². The van der Waals surface area contributed by atoms with E-state index < -0.39 is 0 Å². The van der Waals surface area contributed by atoms with E-state index in [0.717, 1.165) is 28.7 Å². The van der Waals surface area contributed by atoms with Gasteiger partial charge in [0.1, 0.15) is 17.5 Å². The highest BCUT2D eigenvalue weighted by Crippen LogP contribution is 2.23. The highest BCUT2D eigenvalue weighted by molar-refractivity contribution is 6.30. The van der Waals surface area contributed by atoms with E-state index >= 15 is 0 Å². The molecule has 0 aliphatic rings. The second-order valence-electron chi connectivity index (χ2n) is 3.97. The number of nitrogens with zero attached hydrogens (tertiary/aromatic N) is 2. The molecule has 4 nitrogen and oxygen atoms in total. The zero-order valence-corrected chi connectivity index (χ0v) is 11.3. The Morgan fingerprint density at radius 3 is 2.22 bits per heavy atom. The molecule has 2 rings (SSSR count). The van der Waals surface area contributed by atoms with Gasteiger partial charge in [-0.05, 0) is 38.1 Å². The molecule has 1 aromatic heterocycles. The Hall–Kier alpha value is -1.81. The van der Waals surface area contributed by atoms with Crippen molar-refractivity contribution < 1.29 is 0 Å². The maximum absolute atomic E-state index is 5.86. The van der Waals surface area contributed by atoms with Crippen molar-refractivity contribution in [3.63, 3.8) is 0 Å². The Balaban J connectivity index is 2.34. The van der Waals surface area contributed by atoms with Gasteiger partial charge in [0.15, 0.2) is 0 Å². The third-order valence-electron chi connectivity index (χ3n) is 2.60. The van der Waals surface area contributed by atoms with E-state index in [2.05, 4.69) is 20.6 Å². The van der Waals surface area contributed by atoms with Gasteiger partial charge < -0.3 is 10.6 Å². The first-order valence-electron chi connectivity index (χ1n) is 5.65. The number of hydrogen-bond donors (Lipinski definition) is 2. The average molecular weight is 263 g/mol. The van der Waals surface area contributed by atoms with Crippen molar-refractivity contribution in [2.45, 2.75) is 13.8 Å². The molecule has 0 atom stereocenters. The number of halogens is 1. The van der Waals surface area contributed by atoms with Gasteiger partial charge in [-0.1, -0.05) is 11.6 Å². The maximum Gasteiger partial charge on any atom is 0.139 e. The molecule has 0 spiro atoms. The first-order chi connectivity index (χ1) is 8.60. The maximum atomic E-state index is 5.86. The van der Waals surface area contributed by atoms with Crippen LogP contribution in [0.25, 0.3) is 0 Å². The topological polar surface area (TPSA) is 49.8 Å².